The van der Waals surface area contributed by atoms with Gasteiger partial charge in [-0.25, -0.2) is 0 Å². The maximum absolute atomic E-state index is 11.8. The van der Waals surface area contributed by atoms with Gasteiger partial charge in [0.2, 0.25) is 0 Å². The van der Waals surface area contributed by atoms with Crippen LogP contribution < -0.4 is 0 Å². The van der Waals surface area contributed by atoms with Gasteiger partial charge in [0, 0.05) is 6.42 Å². The molecule has 0 aliphatic heterocycles. The maximum Gasteiger partial charge on any atom is 0.155 e. The molecular weight excluding hydrogens is 244 g/mol. The van der Waals surface area contributed by atoms with Gasteiger partial charge in [0.15, 0.2) is 5.78 Å². The molecule has 1 nitrogen and oxygen atoms in total. The van der Waals surface area contributed by atoms with Gasteiger partial charge in [-0.2, -0.15) is 0 Å². The van der Waals surface area contributed by atoms with Gasteiger partial charge in [-0.15, -0.1) is 0 Å². The summed E-state index contributed by atoms with van der Waals surface area (Å²) in [6.45, 7) is 5.03. The molecule has 0 bridgehead atoms. The van der Waals surface area contributed by atoms with Crippen LogP contribution in [0.4, 0.5) is 0 Å². The van der Waals surface area contributed by atoms with Crippen molar-refractivity contribution in [2.75, 3.05) is 0 Å². The van der Waals surface area contributed by atoms with E-state index in [9.17, 15) is 4.79 Å². The lowest BCUT2D eigenvalue weighted by Gasteiger charge is -2.58. The van der Waals surface area contributed by atoms with E-state index in [2.05, 4.69) is 19.9 Å². The second-order valence-corrected chi connectivity index (χ2v) is 8.61. The summed E-state index contributed by atoms with van der Waals surface area (Å²) in [5.74, 6) is 3.77. The molecule has 6 atom stereocenters. The van der Waals surface area contributed by atoms with Gasteiger partial charge in [0.25, 0.3) is 0 Å². The molecule has 1 heteroatoms. The quantitative estimate of drug-likeness (QED) is 0.621. The zero-order chi connectivity index (χ0) is 14.0. The molecule has 0 aromatic heterocycles. The van der Waals surface area contributed by atoms with Crippen molar-refractivity contribution in [1.29, 1.82) is 0 Å². The first-order valence-electron chi connectivity index (χ1n) is 8.75. The molecule has 0 heterocycles. The Hall–Kier alpha value is -0.590. The Bertz CT molecular complexity index is 464. The smallest absolute Gasteiger partial charge is 0.155 e. The normalized spacial score (nSPS) is 54.2. The lowest BCUT2D eigenvalue weighted by Crippen LogP contribution is -2.51. The second-order valence-electron chi connectivity index (χ2n) is 8.61. The van der Waals surface area contributed by atoms with E-state index in [1.807, 2.05) is 6.08 Å². The van der Waals surface area contributed by atoms with Gasteiger partial charge in [-0.1, -0.05) is 26.3 Å². The standard InChI is InChI=1S/C19H28O/c1-18-9-3-4-16(18)15-6-5-13-12-14(20)7-11-19(13,2)17(15)8-10-18/h7,11,13,15-17H,3-6,8-10,12H2,1-2H3/t13-,15-,16+,17-,18+,19+/m0/s1. The SMILES string of the molecule is C[C@]12CCC[C@@H]1[C@@H]1CC[C@H]3CC(=O)C=C[C@@]3(C)[C@H]1CC2. The molecule has 0 N–H and O–H groups in total. The Morgan fingerprint density at radius 1 is 1.05 bits per heavy atom. The van der Waals surface area contributed by atoms with Crippen LogP contribution in [0.15, 0.2) is 12.2 Å². The lowest BCUT2D eigenvalue weighted by molar-refractivity contribution is -0.121. The number of hydrogen-bond acceptors (Lipinski definition) is 1. The van der Waals surface area contributed by atoms with Crippen molar-refractivity contribution in [2.24, 2.45) is 34.5 Å². The summed E-state index contributed by atoms with van der Waals surface area (Å²) in [7, 11) is 0. The number of hydrogen-bond donors (Lipinski definition) is 0. The minimum Gasteiger partial charge on any atom is -0.295 e. The third-order valence-electron chi connectivity index (χ3n) is 7.82. The first kappa shape index (κ1) is 13.1. The highest BCUT2D eigenvalue weighted by atomic mass is 16.1. The Labute approximate surface area is 123 Å². The number of carbonyl (C=O) groups is 1. The van der Waals surface area contributed by atoms with Gasteiger partial charge < -0.3 is 0 Å². The number of ketones is 1. The van der Waals surface area contributed by atoms with Crippen LogP contribution in [-0.2, 0) is 4.79 Å². The molecule has 0 saturated heterocycles. The molecule has 4 rings (SSSR count). The van der Waals surface area contributed by atoms with Crippen molar-refractivity contribution in [3.8, 4) is 0 Å². The summed E-state index contributed by atoms with van der Waals surface area (Å²) in [6, 6.07) is 0. The maximum atomic E-state index is 11.8. The van der Waals surface area contributed by atoms with Crippen LogP contribution in [0.3, 0.4) is 0 Å². The summed E-state index contributed by atoms with van der Waals surface area (Å²) in [4.78, 5) is 11.8. The highest BCUT2D eigenvalue weighted by Crippen LogP contribution is 2.64. The minimum absolute atomic E-state index is 0.320. The molecule has 20 heavy (non-hydrogen) atoms. The average Bonchev–Trinajstić information content (AvgIpc) is 2.81. The molecule has 3 fully saturated rings. The number of allylic oxidation sites excluding steroid dienone is 2. The highest BCUT2D eigenvalue weighted by Gasteiger charge is 2.56. The largest absolute Gasteiger partial charge is 0.295 e. The highest BCUT2D eigenvalue weighted by molar-refractivity contribution is 5.91. The Kier molecular flexibility index (Phi) is 2.76. The fourth-order valence-electron chi connectivity index (χ4n) is 6.63. The van der Waals surface area contributed by atoms with Crippen LogP contribution in [0.25, 0.3) is 0 Å². The van der Waals surface area contributed by atoms with E-state index >= 15 is 0 Å². The second kappa shape index (κ2) is 4.21. The van der Waals surface area contributed by atoms with Crippen molar-refractivity contribution in [3.05, 3.63) is 12.2 Å². The fourth-order valence-corrected chi connectivity index (χ4v) is 6.63. The van der Waals surface area contributed by atoms with E-state index < -0.39 is 0 Å². The van der Waals surface area contributed by atoms with Gasteiger partial charge in [0.05, 0.1) is 0 Å². The van der Waals surface area contributed by atoms with Gasteiger partial charge in [-0.05, 0) is 79.1 Å². The monoisotopic (exact) mass is 272 g/mol. The van der Waals surface area contributed by atoms with E-state index in [1.54, 1.807) is 0 Å². The van der Waals surface area contributed by atoms with Crippen molar-refractivity contribution < 1.29 is 4.79 Å². The van der Waals surface area contributed by atoms with Crippen molar-refractivity contribution in [1.82, 2.24) is 0 Å². The van der Waals surface area contributed by atoms with Crippen LogP contribution in [0.1, 0.15) is 65.2 Å². The zero-order valence-electron chi connectivity index (χ0n) is 13.0. The molecule has 0 aromatic carbocycles. The first-order valence-corrected chi connectivity index (χ1v) is 8.75. The molecule has 0 unspecified atom stereocenters. The van der Waals surface area contributed by atoms with Crippen LogP contribution in [0.2, 0.25) is 0 Å². The van der Waals surface area contributed by atoms with Crippen LogP contribution >= 0.6 is 0 Å². The molecule has 3 saturated carbocycles. The van der Waals surface area contributed by atoms with Crippen molar-refractivity contribution in [3.63, 3.8) is 0 Å². The Balaban J connectivity index is 1.68. The molecule has 0 amide bonds. The van der Waals surface area contributed by atoms with E-state index in [4.69, 9.17) is 0 Å². The minimum atomic E-state index is 0.320. The lowest BCUT2D eigenvalue weighted by atomic mass is 9.46. The first-order chi connectivity index (χ1) is 9.53. The average molecular weight is 272 g/mol. The van der Waals surface area contributed by atoms with E-state index in [0.717, 1.165) is 24.2 Å². The topological polar surface area (TPSA) is 17.1 Å². The Morgan fingerprint density at radius 2 is 1.90 bits per heavy atom. The summed E-state index contributed by atoms with van der Waals surface area (Å²) in [5.41, 5.74) is 0.972. The molecule has 4 aliphatic carbocycles. The van der Waals surface area contributed by atoms with Gasteiger partial charge in [-0.3, -0.25) is 4.79 Å². The van der Waals surface area contributed by atoms with E-state index in [0.29, 0.717) is 22.5 Å². The van der Waals surface area contributed by atoms with Crippen molar-refractivity contribution in [2.45, 2.75) is 65.2 Å². The van der Waals surface area contributed by atoms with Crippen LogP contribution in [-0.4, -0.2) is 5.78 Å². The predicted molar refractivity (Wildman–Crippen MR) is 81.3 cm³/mol. The zero-order valence-corrected chi connectivity index (χ0v) is 13.0. The molecule has 0 spiro atoms. The summed E-state index contributed by atoms with van der Waals surface area (Å²) < 4.78 is 0. The number of rotatable bonds is 0. The number of carbonyl (C=O) groups excluding carboxylic acids is 1. The summed E-state index contributed by atoms with van der Waals surface area (Å²) in [5, 5.41) is 0. The summed E-state index contributed by atoms with van der Waals surface area (Å²) in [6.07, 6.45) is 15.0. The fraction of sp³-hybridized carbons (Fsp3) is 0.842. The molecule has 0 radical (unpaired) electrons. The van der Waals surface area contributed by atoms with Crippen molar-refractivity contribution >= 4 is 5.78 Å². The van der Waals surface area contributed by atoms with Crippen LogP contribution in [0.5, 0.6) is 0 Å². The molecular formula is C19H28O. The predicted octanol–water partition coefficient (Wildman–Crippen LogP) is 4.76. The Morgan fingerprint density at radius 3 is 2.75 bits per heavy atom. The third-order valence-corrected chi connectivity index (χ3v) is 7.82. The third kappa shape index (κ3) is 1.64. The number of fused-ring (bicyclic) bond motifs is 5. The molecule has 110 valence electrons. The summed E-state index contributed by atoms with van der Waals surface area (Å²) >= 11 is 0. The van der Waals surface area contributed by atoms with Gasteiger partial charge in [0.1, 0.15) is 0 Å². The van der Waals surface area contributed by atoms with Crippen LogP contribution in [0, 0.1) is 34.5 Å². The molecule has 0 aromatic rings. The van der Waals surface area contributed by atoms with Gasteiger partial charge >= 0.3 is 0 Å². The molecule has 4 aliphatic rings. The van der Waals surface area contributed by atoms with E-state index in [1.165, 1.54) is 44.9 Å². The van der Waals surface area contributed by atoms with E-state index in [-0.39, 0.29) is 0 Å².